The van der Waals surface area contributed by atoms with E-state index >= 15 is 0 Å². The Hall–Kier alpha value is -2.73. The summed E-state index contributed by atoms with van der Waals surface area (Å²) in [6.07, 6.45) is 1.89. The van der Waals surface area contributed by atoms with Crippen molar-refractivity contribution in [3.8, 4) is 6.07 Å². The number of nitriles is 1. The first-order valence-electron chi connectivity index (χ1n) is 6.11. The third-order valence-electron chi connectivity index (χ3n) is 3.37. The highest BCUT2D eigenvalue weighted by Gasteiger charge is 2.19. The number of aromatic amines is 1. The Balaban J connectivity index is 2.19. The molecule has 0 radical (unpaired) electrons. The molecule has 1 atom stereocenters. The Morgan fingerprint density at radius 2 is 1.74 bits per heavy atom. The lowest BCUT2D eigenvalue weighted by molar-refractivity contribution is 1.05. The highest BCUT2D eigenvalue weighted by molar-refractivity contribution is 5.85. The minimum Gasteiger partial charge on any atom is -0.398 e. The predicted octanol–water partition coefficient (Wildman–Crippen LogP) is 3.41. The summed E-state index contributed by atoms with van der Waals surface area (Å²) in [5, 5.41) is 10.6. The number of nitrogens with zero attached hydrogens (tertiary/aromatic N) is 1. The molecule has 3 rings (SSSR count). The maximum atomic E-state index is 9.52. The largest absolute Gasteiger partial charge is 0.398 e. The van der Waals surface area contributed by atoms with Crippen molar-refractivity contribution in [3.05, 3.63) is 65.9 Å². The smallest absolute Gasteiger partial charge is 0.100 e. The lowest BCUT2D eigenvalue weighted by Crippen LogP contribution is -2.01. The fraction of sp³-hybridized carbons (Fsp3) is 0.0625. The predicted molar refractivity (Wildman–Crippen MR) is 76.6 cm³/mol. The van der Waals surface area contributed by atoms with Crippen LogP contribution < -0.4 is 5.73 Å². The molecule has 3 heteroatoms. The van der Waals surface area contributed by atoms with E-state index in [-0.39, 0.29) is 5.92 Å². The summed E-state index contributed by atoms with van der Waals surface area (Å²) >= 11 is 0. The number of hydrogen-bond donors (Lipinski definition) is 2. The minimum atomic E-state index is -0.350. The average Bonchev–Trinajstić information content (AvgIpc) is 2.86. The van der Waals surface area contributed by atoms with Crippen LogP contribution >= 0.6 is 0 Å². The first-order valence-corrected chi connectivity index (χ1v) is 6.11. The van der Waals surface area contributed by atoms with E-state index in [1.807, 2.05) is 54.7 Å². The van der Waals surface area contributed by atoms with Gasteiger partial charge in [0, 0.05) is 22.8 Å². The van der Waals surface area contributed by atoms with Gasteiger partial charge in [0.05, 0.1) is 6.07 Å². The lowest BCUT2D eigenvalue weighted by atomic mass is 9.91. The molecule has 3 nitrogen and oxygen atoms in total. The van der Waals surface area contributed by atoms with Gasteiger partial charge < -0.3 is 10.7 Å². The Bertz CT molecular complexity index is 765. The van der Waals surface area contributed by atoms with Crippen LogP contribution in [0.15, 0.2) is 54.7 Å². The number of nitrogen functional groups attached to an aromatic ring is 1. The summed E-state index contributed by atoms with van der Waals surface area (Å²) in [5.41, 5.74) is 9.50. The van der Waals surface area contributed by atoms with Crippen LogP contribution in [-0.4, -0.2) is 4.98 Å². The molecule has 0 spiro atoms. The van der Waals surface area contributed by atoms with Crippen LogP contribution in [0.1, 0.15) is 17.0 Å². The van der Waals surface area contributed by atoms with Gasteiger partial charge in [0.15, 0.2) is 0 Å². The van der Waals surface area contributed by atoms with Gasteiger partial charge in [0.25, 0.3) is 0 Å². The molecule has 1 aromatic heterocycles. The fourth-order valence-corrected chi connectivity index (χ4v) is 2.41. The van der Waals surface area contributed by atoms with Gasteiger partial charge in [-0.15, -0.1) is 0 Å². The molecule has 19 heavy (non-hydrogen) atoms. The monoisotopic (exact) mass is 247 g/mol. The number of hydrogen-bond acceptors (Lipinski definition) is 2. The summed E-state index contributed by atoms with van der Waals surface area (Å²) in [7, 11) is 0. The third kappa shape index (κ3) is 1.84. The number of nitrogens with one attached hydrogen (secondary N) is 1. The molecule has 3 aromatic rings. The number of benzene rings is 2. The van der Waals surface area contributed by atoms with Crippen molar-refractivity contribution >= 4 is 16.6 Å². The number of nitrogens with two attached hydrogens (primary N) is 1. The summed E-state index contributed by atoms with van der Waals surface area (Å²) in [5.74, 6) is -0.350. The molecule has 2 aromatic carbocycles. The highest BCUT2D eigenvalue weighted by atomic mass is 14.7. The zero-order valence-electron chi connectivity index (χ0n) is 10.3. The SMILES string of the molecule is N#CC(c1ccccc1N)c1c[nH]c2ccccc12. The van der Waals surface area contributed by atoms with E-state index in [4.69, 9.17) is 5.73 Å². The standard InChI is InChI=1S/C16H13N3/c17-9-13(11-5-1-3-7-15(11)18)14-10-19-16-8-4-2-6-12(14)16/h1-8,10,13,19H,18H2. The Morgan fingerprint density at radius 3 is 2.53 bits per heavy atom. The fourth-order valence-electron chi connectivity index (χ4n) is 2.41. The number of rotatable bonds is 2. The maximum absolute atomic E-state index is 9.52. The second-order valence-corrected chi connectivity index (χ2v) is 4.48. The van der Waals surface area contributed by atoms with Crippen molar-refractivity contribution < 1.29 is 0 Å². The number of anilines is 1. The van der Waals surface area contributed by atoms with Crippen LogP contribution in [0.4, 0.5) is 5.69 Å². The topological polar surface area (TPSA) is 65.6 Å². The third-order valence-corrected chi connectivity index (χ3v) is 3.37. The maximum Gasteiger partial charge on any atom is 0.100 e. The minimum absolute atomic E-state index is 0.350. The number of H-pyrrole nitrogens is 1. The van der Waals surface area contributed by atoms with Gasteiger partial charge in [-0.3, -0.25) is 0 Å². The van der Waals surface area contributed by atoms with Crippen LogP contribution in [0, 0.1) is 11.3 Å². The zero-order chi connectivity index (χ0) is 13.2. The lowest BCUT2D eigenvalue weighted by Gasteiger charge is -2.11. The second kappa shape index (κ2) is 4.51. The molecular weight excluding hydrogens is 234 g/mol. The second-order valence-electron chi connectivity index (χ2n) is 4.48. The van der Waals surface area contributed by atoms with Crippen LogP contribution in [0.2, 0.25) is 0 Å². The van der Waals surface area contributed by atoms with Crippen molar-refractivity contribution in [2.75, 3.05) is 5.73 Å². The Kier molecular flexibility index (Phi) is 2.70. The average molecular weight is 247 g/mol. The van der Waals surface area contributed by atoms with E-state index in [2.05, 4.69) is 11.1 Å². The highest BCUT2D eigenvalue weighted by Crippen LogP contribution is 2.32. The van der Waals surface area contributed by atoms with Gasteiger partial charge in [0.1, 0.15) is 5.92 Å². The summed E-state index contributed by atoms with van der Waals surface area (Å²) in [4.78, 5) is 3.20. The molecule has 1 unspecified atom stereocenters. The molecule has 0 fully saturated rings. The van der Waals surface area contributed by atoms with Gasteiger partial charge in [-0.05, 0) is 23.3 Å². The van der Waals surface area contributed by atoms with Crippen LogP contribution in [0.5, 0.6) is 0 Å². The van der Waals surface area contributed by atoms with Gasteiger partial charge in [0.2, 0.25) is 0 Å². The van der Waals surface area contributed by atoms with Crippen molar-refractivity contribution in [2.45, 2.75) is 5.92 Å². The first kappa shape index (κ1) is 11.4. The first-order chi connectivity index (χ1) is 9.31. The molecule has 0 bridgehead atoms. The van der Waals surface area contributed by atoms with Crippen molar-refractivity contribution in [3.63, 3.8) is 0 Å². The summed E-state index contributed by atoms with van der Waals surface area (Å²) in [6.45, 7) is 0. The number of para-hydroxylation sites is 2. The zero-order valence-corrected chi connectivity index (χ0v) is 10.3. The van der Waals surface area contributed by atoms with Crippen molar-refractivity contribution in [1.29, 1.82) is 5.26 Å². The van der Waals surface area contributed by atoms with E-state index in [0.717, 1.165) is 22.0 Å². The molecule has 92 valence electrons. The molecule has 0 saturated heterocycles. The molecule has 0 aliphatic heterocycles. The van der Waals surface area contributed by atoms with Gasteiger partial charge in [-0.2, -0.15) is 5.26 Å². The van der Waals surface area contributed by atoms with Gasteiger partial charge in [-0.1, -0.05) is 36.4 Å². The van der Waals surface area contributed by atoms with Crippen molar-refractivity contribution in [2.24, 2.45) is 0 Å². The Labute approximate surface area is 111 Å². The van der Waals surface area contributed by atoms with E-state index in [0.29, 0.717) is 5.69 Å². The van der Waals surface area contributed by atoms with Crippen LogP contribution in [0.3, 0.4) is 0 Å². The van der Waals surface area contributed by atoms with E-state index in [1.54, 1.807) is 0 Å². The van der Waals surface area contributed by atoms with Crippen LogP contribution in [0.25, 0.3) is 10.9 Å². The molecule has 0 aliphatic carbocycles. The Morgan fingerprint density at radius 1 is 1.00 bits per heavy atom. The van der Waals surface area contributed by atoms with E-state index in [9.17, 15) is 5.26 Å². The molecule has 0 saturated carbocycles. The van der Waals surface area contributed by atoms with Crippen molar-refractivity contribution in [1.82, 2.24) is 4.98 Å². The van der Waals surface area contributed by atoms with E-state index in [1.165, 1.54) is 0 Å². The van der Waals surface area contributed by atoms with Crippen LogP contribution in [-0.2, 0) is 0 Å². The molecule has 1 heterocycles. The molecule has 0 amide bonds. The van der Waals surface area contributed by atoms with Gasteiger partial charge in [-0.25, -0.2) is 0 Å². The molecular formula is C16H13N3. The quantitative estimate of drug-likeness (QED) is 0.681. The summed E-state index contributed by atoms with van der Waals surface area (Å²) in [6, 6.07) is 17.8. The normalized spacial score (nSPS) is 12.2. The number of fused-ring (bicyclic) bond motifs is 1. The number of aromatic nitrogens is 1. The van der Waals surface area contributed by atoms with E-state index < -0.39 is 0 Å². The summed E-state index contributed by atoms with van der Waals surface area (Å²) < 4.78 is 0. The van der Waals surface area contributed by atoms with Gasteiger partial charge >= 0.3 is 0 Å². The molecule has 3 N–H and O–H groups in total. The molecule has 0 aliphatic rings.